The third kappa shape index (κ3) is 3.56. The summed E-state index contributed by atoms with van der Waals surface area (Å²) in [5.74, 6) is 0. The van der Waals surface area contributed by atoms with Crippen LogP contribution in [-0.4, -0.2) is 10.0 Å². The number of rotatable bonds is 4. The molecule has 2 rings (SSSR count). The average molecular weight is 340 g/mol. The second-order valence-electron chi connectivity index (χ2n) is 3.76. The number of hydrogen-bond donors (Lipinski definition) is 1. The van der Waals surface area contributed by atoms with Gasteiger partial charge in [-0.3, -0.25) is 10.1 Å². The van der Waals surface area contributed by atoms with Crippen LogP contribution in [0.25, 0.3) is 0 Å². The van der Waals surface area contributed by atoms with E-state index < -0.39 is 4.92 Å². The number of aliphatic hydroxyl groups is 1. The fraction of sp³-hybridized carbons (Fsp3) is 0.0769. The Morgan fingerprint density at radius 1 is 1.21 bits per heavy atom. The smallest absolute Gasteiger partial charge is 0.269 e. The van der Waals surface area contributed by atoms with Crippen molar-refractivity contribution >= 4 is 33.4 Å². The molecular formula is C13H10BrNO3S. The van der Waals surface area contributed by atoms with E-state index >= 15 is 0 Å². The molecule has 0 atom stereocenters. The number of nitro benzene ring substituents is 1. The van der Waals surface area contributed by atoms with E-state index in [-0.39, 0.29) is 12.3 Å². The van der Waals surface area contributed by atoms with Crippen molar-refractivity contribution < 1.29 is 10.0 Å². The summed E-state index contributed by atoms with van der Waals surface area (Å²) in [6.45, 7) is -0.0391. The van der Waals surface area contributed by atoms with Gasteiger partial charge in [-0.2, -0.15) is 0 Å². The van der Waals surface area contributed by atoms with Crippen molar-refractivity contribution in [3.8, 4) is 0 Å². The van der Waals surface area contributed by atoms with Gasteiger partial charge in [-0.1, -0.05) is 33.8 Å². The van der Waals surface area contributed by atoms with Gasteiger partial charge in [0.2, 0.25) is 0 Å². The summed E-state index contributed by atoms with van der Waals surface area (Å²) in [4.78, 5) is 12.0. The molecule has 98 valence electrons. The summed E-state index contributed by atoms with van der Waals surface area (Å²) >= 11 is 4.85. The van der Waals surface area contributed by atoms with Crippen LogP contribution in [0.5, 0.6) is 0 Å². The number of non-ortho nitro benzene ring substituents is 1. The van der Waals surface area contributed by atoms with E-state index in [1.165, 1.54) is 23.9 Å². The first-order chi connectivity index (χ1) is 9.10. The van der Waals surface area contributed by atoms with E-state index in [0.717, 1.165) is 19.8 Å². The van der Waals surface area contributed by atoms with Crippen LogP contribution in [0.15, 0.2) is 56.7 Å². The average Bonchev–Trinajstić information content (AvgIpc) is 2.39. The molecule has 4 nitrogen and oxygen atoms in total. The molecule has 0 aliphatic rings. The molecule has 0 amide bonds. The fourth-order valence-corrected chi connectivity index (χ4v) is 3.01. The SMILES string of the molecule is O=[N+]([O-])c1ccc(Sc2cc(Br)ccc2CO)cc1. The molecule has 0 saturated carbocycles. The predicted octanol–water partition coefficient (Wildman–Crippen LogP) is 4.00. The zero-order valence-electron chi connectivity index (χ0n) is 9.75. The minimum absolute atomic E-state index is 0.0391. The number of aliphatic hydroxyl groups excluding tert-OH is 1. The number of benzene rings is 2. The predicted molar refractivity (Wildman–Crippen MR) is 77.3 cm³/mol. The quantitative estimate of drug-likeness (QED) is 0.675. The van der Waals surface area contributed by atoms with Gasteiger partial charge in [0.05, 0.1) is 11.5 Å². The highest BCUT2D eigenvalue weighted by molar-refractivity contribution is 9.10. The number of halogens is 1. The molecule has 0 aromatic heterocycles. The Bertz CT molecular complexity index is 601. The van der Waals surface area contributed by atoms with E-state index in [4.69, 9.17) is 0 Å². The minimum Gasteiger partial charge on any atom is -0.392 e. The lowest BCUT2D eigenvalue weighted by Gasteiger charge is -2.07. The highest BCUT2D eigenvalue weighted by Gasteiger charge is 2.07. The van der Waals surface area contributed by atoms with Crippen molar-refractivity contribution in [2.45, 2.75) is 16.4 Å². The molecule has 0 spiro atoms. The number of hydrogen-bond acceptors (Lipinski definition) is 4. The van der Waals surface area contributed by atoms with Crippen LogP contribution in [0.1, 0.15) is 5.56 Å². The highest BCUT2D eigenvalue weighted by Crippen LogP contribution is 2.33. The Morgan fingerprint density at radius 3 is 2.47 bits per heavy atom. The Balaban J connectivity index is 2.25. The van der Waals surface area contributed by atoms with Crippen molar-refractivity contribution in [3.05, 3.63) is 62.6 Å². The Kier molecular flexibility index (Phi) is 4.57. The molecule has 0 saturated heterocycles. The van der Waals surface area contributed by atoms with Crippen molar-refractivity contribution in [2.24, 2.45) is 0 Å². The molecule has 0 bridgehead atoms. The topological polar surface area (TPSA) is 63.4 Å². The van der Waals surface area contributed by atoms with Crippen LogP contribution in [0.4, 0.5) is 5.69 Å². The third-order valence-corrected chi connectivity index (χ3v) is 4.08. The summed E-state index contributed by atoms with van der Waals surface area (Å²) in [5, 5.41) is 19.9. The van der Waals surface area contributed by atoms with E-state index in [1.54, 1.807) is 12.1 Å². The van der Waals surface area contributed by atoms with E-state index in [2.05, 4.69) is 15.9 Å². The first-order valence-corrected chi connectivity index (χ1v) is 7.02. The molecule has 19 heavy (non-hydrogen) atoms. The molecule has 0 heterocycles. The van der Waals surface area contributed by atoms with Gasteiger partial charge < -0.3 is 5.11 Å². The highest BCUT2D eigenvalue weighted by atomic mass is 79.9. The number of nitrogens with zero attached hydrogens (tertiary/aromatic N) is 1. The molecule has 0 aliphatic carbocycles. The summed E-state index contributed by atoms with van der Waals surface area (Å²) in [5.41, 5.74) is 0.896. The van der Waals surface area contributed by atoms with Crippen molar-refractivity contribution in [1.29, 1.82) is 0 Å². The molecule has 0 aliphatic heterocycles. The Hall–Kier alpha value is -1.37. The Morgan fingerprint density at radius 2 is 1.89 bits per heavy atom. The van der Waals surface area contributed by atoms with Crippen molar-refractivity contribution in [2.75, 3.05) is 0 Å². The maximum atomic E-state index is 10.6. The van der Waals surface area contributed by atoms with Gasteiger partial charge in [-0.15, -0.1) is 0 Å². The normalized spacial score (nSPS) is 10.4. The minimum atomic E-state index is -0.424. The molecule has 0 radical (unpaired) electrons. The van der Waals surface area contributed by atoms with Crippen LogP contribution in [0.3, 0.4) is 0 Å². The first kappa shape index (κ1) is 14.0. The van der Waals surface area contributed by atoms with Crippen LogP contribution in [0.2, 0.25) is 0 Å². The number of nitro groups is 1. The standard InChI is InChI=1S/C13H10BrNO3S/c14-10-2-1-9(8-16)13(7-10)19-12-5-3-11(4-6-12)15(17)18/h1-7,16H,8H2. The summed E-state index contributed by atoms with van der Waals surface area (Å²) in [6.07, 6.45) is 0. The van der Waals surface area contributed by atoms with Crippen molar-refractivity contribution in [1.82, 2.24) is 0 Å². The van der Waals surface area contributed by atoms with Gasteiger partial charge in [0.25, 0.3) is 5.69 Å². The van der Waals surface area contributed by atoms with Crippen LogP contribution in [0, 0.1) is 10.1 Å². The zero-order valence-corrected chi connectivity index (χ0v) is 12.1. The summed E-state index contributed by atoms with van der Waals surface area (Å²) in [7, 11) is 0. The maximum absolute atomic E-state index is 10.6. The van der Waals surface area contributed by atoms with Crippen LogP contribution in [-0.2, 0) is 6.61 Å². The largest absolute Gasteiger partial charge is 0.392 e. The van der Waals surface area contributed by atoms with E-state index in [9.17, 15) is 15.2 Å². The molecule has 2 aromatic carbocycles. The summed E-state index contributed by atoms with van der Waals surface area (Å²) in [6, 6.07) is 12.0. The fourth-order valence-electron chi connectivity index (χ4n) is 1.52. The van der Waals surface area contributed by atoms with E-state index in [0.29, 0.717) is 0 Å². The van der Waals surface area contributed by atoms with Gasteiger partial charge >= 0.3 is 0 Å². The van der Waals surface area contributed by atoms with Gasteiger partial charge in [0.1, 0.15) is 0 Å². The first-order valence-electron chi connectivity index (χ1n) is 5.42. The van der Waals surface area contributed by atoms with Crippen LogP contribution < -0.4 is 0 Å². The molecule has 2 aromatic rings. The maximum Gasteiger partial charge on any atom is 0.269 e. The summed E-state index contributed by atoms with van der Waals surface area (Å²) < 4.78 is 0.925. The van der Waals surface area contributed by atoms with Gasteiger partial charge in [0, 0.05) is 26.4 Å². The lowest BCUT2D eigenvalue weighted by atomic mass is 10.2. The lowest BCUT2D eigenvalue weighted by Crippen LogP contribution is -1.88. The molecular weight excluding hydrogens is 330 g/mol. The van der Waals surface area contributed by atoms with Gasteiger partial charge in [0.15, 0.2) is 0 Å². The lowest BCUT2D eigenvalue weighted by molar-refractivity contribution is -0.384. The molecule has 6 heteroatoms. The second-order valence-corrected chi connectivity index (χ2v) is 5.79. The molecule has 0 unspecified atom stereocenters. The molecule has 1 N–H and O–H groups in total. The Labute approximate surface area is 122 Å². The van der Waals surface area contributed by atoms with Crippen LogP contribution >= 0.6 is 27.7 Å². The van der Waals surface area contributed by atoms with Gasteiger partial charge in [-0.25, -0.2) is 0 Å². The van der Waals surface area contributed by atoms with Crippen molar-refractivity contribution in [3.63, 3.8) is 0 Å². The zero-order chi connectivity index (χ0) is 13.8. The molecule has 0 fully saturated rings. The van der Waals surface area contributed by atoms with Gasteiger partial charge in [-0.05, 0) is 29.8 Å². The monoisotopic (exact) mass is 339 g/mol. The van der Waals surface area contributed by atoms with E-state index in [1.807, 2.05) is 18.2 Å². The third-order valence-electron chi connectivity index (χ3n) is 2.47. The second kappa shape index (κ2) is 6.18.